The van der Waals surface area contributed by atoms with Crippen LogP contribution in [0.4, 0.5) is 0 Å². The minimum Gasteiger partial charge on any atom is -0.382 e. The van der Waals surface area contributed by atoms with E-state index in [-0.39, 0.29) is 6.10 Å². The Morgan fingerprint density at radius 1 is 1.31 bits per heavy atom. The third-order valence-corrected chi connectivity index (χ3v) is 1.89. The smallest absolute Gasteiger partial charge is 0.0932 e. The highest BCUT2D eigenvalue weighted by Crippen LogP contribution is 1.98. The summed E-state index contributed by atoms with van der Waals surface area (Å²) in [5.74, 6) is 0. The van der Waals surface area contributed by atoms with Crippen LogP contribution >= 0.6 is 0 Å². The van der Waals surface area contributed by atoms with Crippen molar-refractivity contribution in [1.82, 2.24) is 5.32 Å². The van der Waals surface area contributed by atoms with Crippen LogP contribution in [-0.2, 0) is 9.47 Å². The van der Waals surface area contributed by atoms with Gasteiger partial charge in [-0.3, -0.25) is 0 Å². The van der Waals surface area contributed by atoms with Crippen LogP contribution in [0.25, 0.3) is 0 Å². The third kappa shape index (κ3) is 8.22. The van der Waals surface area contributed by atoms with Gasteiger partial charge in [-0.25, -0.2) is 0 Å². The number of nitrogens with one attached hydrogen (secondary N) is 1. The lowest BCUT2D eigenvalue weighted by Crippen LogP contribution is -2.30. The summed E-state index contributed by atoms with van der Waals surface area (Å²) in [6, 6.07) is 0. The van der Waals surface area contributed by atoms with Crippen molar-refractivity contribution in [3.63, 3.8) is 0 Å². The molecule has 0 aliphatic carbocycles. The fraction of sp³-hybridized carbons (Fsp3) is 1.00. The Balaban J connectivity index is 3.33. The van der Waals surface area contributed by atoms with Crippen molar-refractivity contribution in [3.8, 4) is 0 Å². The van der Waals surface area contributed by atoms with Gasteiger partial charge in [-0.05, 0) is 13.5 Å². The average Bonchev–Trinajstić information content (AvgIpc) is 2.13. The molecule has 0 heterocycles. The van der Waals surface area contributed by atoms with Gasteiger partial charge in [-0.1, -0.05) is 19.8 Å². The van der Waals surface area contributed by atoms with E-state index in [1.54, 1.807) is 7.11 Å². The summed E-state index contributed by atoms with van der Waals surface area (Å²) in [6.45, 7) is 4.58. The van der Waals surface area contributed by atoms with E-state index in [4.69, 9.17) is 9.47 Å². The van der Waals surface area contributed by atoms with Gasteiger partial charge in [-0.15, -0.1) is 0 Å². The Bertz CT molecular complexity index is 92.9. The molecule has 0 fully saturated rings. The molecule has 0 aliphatic rings. The van der Waals surface area contributed by atoms with Crippen molar-refractivity contribution in [2.45, 2.75) is 32.3 Å². The maximum absolute atomic E-state index is 5.64. The van der Waals surface area contributed by atoms with Crippen LogP contribution in [0.1, 0.15) is 26.2 Å². The summed E-state index contributed by atoms with van der Waals surface area (Å²) < 4.78 is 10.7. The molecule has 0 bridgehead atoms. The number of hydrogen-bond donors (Lipinski definition) is 1. The van der Waals surface area contributed by atoms with Crippen LogP contribution < -0.4 is 5.32 Å². The maximum Gasteiger partial charge on any atom is 0.0932 e. The summed E-state index contributed by atoms with van der Waals surface area (Å²) in [4.78, 5) is 0. The molecule has 0 aromatic carbocycles. The average molecular weight is 189 g/mol. The monoisotopic (exact) mass is 189 g/mol. The lowest BCUT2D eigenvalue weighted by Gasteiger charge is -2.16. The van der Waals surface area contributed by atoms with E-state index in [1.165, 1.54) is 12.8 Å². The van der Waals surface area contributed by atoms with Gasteiger partial charge in [0.05, 0.1) is 12.7 Å². The molecule has 0 spiro atoms. The second-order valence-corrected chi connectivity index (χ2v) is 3.21. The van der Waals surface area contributed by atoms with Gasteiger partial charge < -0.3 is 14.8 Å². The van der Waals surface area contributed by atoms with Crippen LogP contribution in [-0.4, -0.2) is 40.0 Å². The molecule has 3 nitrogen and oxygen atoms in total. The van der Waals surface area contributed by atoms with E-state index < -0.39 is 0 Å². The molecule has 0 radical (unpaired) electrons. The largest absolute Gasteiger partial charge is 0.382 e. The molecule has 0 amide bonds. The fourth-order valence-corrected chi connectivity index (χ4v) is 1.18. The maximum atomic E-state index is 5.64. The molecule has 1 unspecified atom stereocenters. The first-order valence-corrected chi connectivity index (χ1v) is 5.10. The molecule has 0 saturated heterocycles. The van der Waals surface area contributed by atoms with Crippen molar-refractivity contribution in [2.75, 3.05) is 33.9 Å². The van der Waals surface area contributed by atoms with Gasteiger partial charge in [0.2, 0.25) is 0 Å². The Labute approximate surface area is 81.8 Å². The number of rotatable bonds is 9. The standard InChI is InChI=1S/C10H23NO2/c1-4-5-6-7-13-10(8-11-2)9-12-3/h10-11H,4-9H2,1-3H3. The SMILES string of the molecule is CCCCCOC(CNC)COC. The summed E-state index contributed by atoms with van der Waals surface area (Å²) in [5, 5.41) is 3.09. The van der Waals surface area contributed by atoms with Crippen molar-refractivity contribution >= 4 is 0 Å². The summed E-state index contributed by atoms with van der Waals surface area (Å²) >= 11 is 0. The van der Waals surface area contributed by atoms with Gasteiger partial charge >= 0.3 is 0 Å². The van der Waals surface area contributed by atoms with Gasteiger partial charge in [-0.2, -0.15) is 0 Å². The van der Waals surface area contributed by atoms with E-state index in [0.717, 1.165) is 19.6 Å². The highest BCUT2D eigenvalue weighted by atomic mass is 16.5. The van der Waals surface area contributed by atoms with Crippen LogP contribution in [0.5, 0.6) is 0 Å². The predicted octanol–water partition coefficient (Wildman–Crippen LogP) is 1.43. The zero-order valence-electron chi connectivity index (χ0n) is 9.14. The van der Waals surface area contributed by atoms with Crippen LogP contribution in [0.2, 0.25) is 0 Å². The minimum absolute atomic E-state index is 0.201. The Hall–Kier alpha value is -0.120. The number of likely N-dealkylation sites (N-methyl/N-ethyl adjacent to an activating group) is 1. The second-order valence-electron chi connectivity index (χ2n) is 3.21. The molecule has 3 heteroatoms. The normalized spacial score (nSPS) is 13.2. The molecule has 0 rings (SSSR count). The molecular formula is C10H23NO2. The van der Waals surface area contributed by atoms with Gasteiger partial charge in [0.1, 0.15) is 0 Å². The van der Waals surface area contributed by atoms with E-state index in [0.29, 0.717) is 6.61 Å². The van der Waals surface area contributed by atoms with Crippen LogP contribution in [0.15, 0.2) is 0 Å². The summed E-state index contributed by atoms with van der Waals surface area (Å²) in [6.07, 6.45) is 3.84. The first-order chi connectivity index (χ1) is 6.35. The summed E-state index contributed by atoms with van der Waals surface area (Å²) in [7, 11) is 3.64. The van der Waals surface area contributed by atoms with Crippen LogP contribution in [0.3, 0.4) is 0 Å². The zero-order chi connectivity index (χ0) is 9.94. The molecule has 0 aliphatic heterocycles. The van der Waals surface area contributed by atoms with Crippen molar-refractivity contribution in [1.29, 1.82) is 0 Å². The molecular weight excluding hydrogens is 166 g/mol. The highest BCUT2D eigenvalue weighted by molar-refractivity contribution is 4.58. The minimum atomic E-state index is 0.201. The fourth-order valence-electron chi connectivity index (χ4n) is 1.18. The van der Waals surface area contributed by atoms with E-state index in [1.807, 2.05) is 7.05 Å². The molecule has 80 valence electrons. The predicted molar refractivity (Wildman–Crippen MR) is 55.1 cm³/mol. The van der Waals surface area contributed by atoms with E-state index in [9.17, 15) is 0 Å². The zero-order valence-corrected chi connectivity index (χ0v) is 9.14. The lowest BCUT2D eigenvalue weighted by atomic mass is 10.3. The Morgan fingerprint density at radius 3 is 2.62 bits per heavy atom. The van der Waals surface area contributed by atoms with Gasteiger partial charge in [0.25, 0.3) is 0 Å². The Kier molecular flexibility index (Phi) is 9.87. The second kappa shape index (κ2) is 9.96. The highest BCUT2D eigenvalue weighted by Gasteiger charge is 2.06. The number of unbranched alkanes of at least 4 members (excludes halogenated alkanes) is 2. The number of ether oxygens (including phenoxy) is 2. The lowest BCUT2D eigenvalue weighted by molar-refractivity contribution is -0.00138. The third-order valence-electron chi connectivity index (χ3n) is 1.89. The van der Waals surface area contributed by atoms with Crippen molar-refractivity contribution in [2.24, 2.45) is 0 Å². The van der Waals surface area contributed by atoms with Crippen LogP contribution in [0, 0.1) is 0 Å². The molecule has 1 atom stereocenters. The molecule has 0 saturated carbocycles. The van der Waals surface area contributed by atoms with E-state index >= 15 is 0 Å². The van der Waals surface area contributed by atoms with Crippen molar-refractivity contribution in [3.05, 3.63) is 0 Å². The first kappa shape index (κ1) is 12.9. The van der Waals surface area contributed by atoms with Gasteiger partial charge in [0, 0.05) is 20.3 Å². The summed E-state index contributed by atoms with van der Waals surface area (Å²) in [5.41, 5.74) is 0. The van der Waals surface area contributed by atoms with E-state index in [2.05, 4.69) is 12.2 Å². The Morgan fingerprint density at radius 2 is 2.08 bits per heavy atom. The first-order valence-electron chi connectivity index (χ1n) is 5.10. The molecule has 0 aromatic heterocycles. The molecule has 0 aromatic rings. The molecule has 1 N–H and O–H groups in total. The number of hydrogen-bond acceptors (Lipinski definition) is 3. The topological polar surface area (TPSA) is 30.5 Å². The van der Waals surface area contributed by atoms with Crippen molar-refractivity contribution < 1.29 is 9.47 Å². The van der Waals surface area contributed by atoms with Gasteiger partial charge in [0.15, 0.2) is 0 Å². The molecule has 13 heavy (non-hydrogen) atoms. The number of methoxy groups -OCH3 is 1. The quantitative estimate of drug-likeness (QED) is 0.557.